The van der Waals surface area contributed by atoms with Gasteiger partial charge in [-0.1, -0.05) is 48.5 Å². The van der Waals surface area contributed by atoms with Gasteiger partial charge in [0.2, 0.25) is 5.75 Å². The molecule has 3 aromatic carbocycles. The van der Waals surface area contributed by atoms with Crippen LogP contribution in [0.4, 0.5) is 0 Å². The summed E-state index contributed by atoms with van der Waals surface area (Å²) in [5.74, 6) is 0.269. The standard InChI is InChI=1S/C29H31N3O5/c1-35-23-14-18(15-24(36-2)28(23)33)26-27-20(19-11-7-8-12-21(19)31-27)16-25(32-26)30-22(29(34)37-3)13-17-9-5-4-6-10-17/h4-12,14-15,22,25-26,30-33H,13,16H2,1-3H3/t22-,25-,26+/m0/s1. The monoisotopic (exact) mass is 501 g/mol. The van der Waals surface area contributed by atoms with Crippen molar-refractivity contribution in [3.63, 3.8) is 0 Å². The van der Waals surface area contributed by atoms with E-state index in [1.165, 1.54) is 21.3 Å². The van der Waals surface area contributed by atoms with E-state index in [1.54, 1.807) is 12.1 Å². The maximum absolute atomic E-state index is 12.8. The van der Waals surface area contributed by atoms with E-state index < -0.39 is 6.04 Å². The van der Waals surface area contributed by atoms with E-state index in [4.69, 9.17) is 14.2 Å². The van der Waals surface area contributed by atoms with Gasteiger partial charge < -0.3 is 24.3 Å². The molecular formula is C29H31N3O5. The molecule has 0 bridgehead atoms. The first-order valence-electron chi connectivity index (χ1n) is 12.2. The van der Waals surface area contributed by atoms with Crippen LogP contribution in [0.5, 0.6) is 17.2 Å². The van der Waals surface area contributed by atoms with Crippen LogP contribution in [0.25, 0.3) is 10.9 Å². The summed E-state index contributed by atoms with van der Waals surface area (Å²) in [4.78, 5) is 16.4. The second kappa shape index (κ2) is 10.5. The summed E-state index contributed by atoms with van der Waals surface area (Å²) in [5.41, 5.74) is 5.10. The van der Waals surface area contributed by atoms with Gasteiger partial charge in [-0.3, -0.25) is 15.4 Å². The Balaban J connectivity index is 1.54. The van der Waals surface area contributed by atoms with Gasteiger partial charge in [0.1, 0.15) is 6.04 Å². The second-order valence-corrected chi connectivity index (χ2v) is 9.13. The highest BCUT2D eigenvalue weighted by Crippen LogP contribution is 2.42. The predicted molar refractivity (Wildman–Crippen MR) is 141 cm³/mol. The van der Waals surface area contributed by atoms with Crippen LogP contribution < -0.4 is 20.1 Å². The molecule has 1 aromatic heterocycles. The SMILES string of the molecule is COC(=O)[C@H](Cc1ccccc1)N[C@@H]1Cc2c([nH]c3ccccc23)[C@@H](c2cc(OC)c(O)c(OC)c2)N1. The number of aromatic nitrogens is 1. The fourth-order valence-electron chi connectivity index (χ4n) is 5.13. The molecule has 1 aliphatic heterocycles. The third kappa shape index (κ3) is 4.85. The molecule has 0 saturated carbocycles. The van der Waals surface area contributed by atoms with Gasteiger partial charge in [0, 0.05) is 23.0 Å². The van der Waals surface area contributed by atoms with E-state index in [0.717, 1.165) is 33.3 Å². The highest BCUT2D eigenvalue weighted by molar-refractivity contribution is 5.85. The van der Waals surface area contributed by atoms with Gasteiger partial charge in [-0.15, -0.1) is 0 Å². The quantitative estimate of drug-likeness (QED) is 0.272. The number of fused-ring (bicyclic) bond motifs is 3. The number of esters is 1. The average Bonchev–Trinajstić information content (AvgIpc) is 3.31. The smallest absolute Gasteiger partial charge is 0.323 e. The lowest BCUT2D eigenvalue weighted by Crippen LogP contribution is -2.55. The minimum absolute atomic E-state index is 0.0512. The highest BCUT2D eigenvalue weighted by Gasteiger charge is 2.34. The molecule has 0 amide bonds. The zero-order chi connectivity index (χ0) is 25.9. The Morgan fingerprint density at radius 3 is 2.38 bits per heavy atom. The Kier molecular flexibility index (Phi) is 7.03. The van der Waals surface area contributed by atoms with E-state index in [0.29, 0.717) is 24.3 Å². The Bertz CT molecular complexity index is 1380. The third-order valence-electron chi connectivity index (χ3n) is 6.92. The van der Waals surface area contributed by atoms with Gasteiger partial charge in [0.15, 0.2) is 11.5 Å². The van der Waals surface area contributed by atoms with Crippen molar-refractivity contribution in [1.29, 1.82) is 0 Å². The van der Waals surface area contributed by atoms with Crippen LogP contribution in [0, 0.1) is 0 Å². The number of rotatable bonds is 8. The number of phenolic OH excluding ortho intramolecular Hbond substituents is 1. The van der Waals surface area contributed by atoms with Crippen molar-refractivity contribution in [2.24, 2.45) is 0 Å². The molecule has 2 heterocycles. The number of aromatic hydroxyl groups is 1. The van der Waals surface area contributed by atoms with Crippen LogP contribution >= 0.6 is 0 Å². The first-order chi connectivity index (χ1) is 18.0. The van der Waals surface area contributed by atoms with E-state index in [9.17, 15) is 9.90 Å². The summed E-state index contributed by atoms with van der Waals surface area (Å²) in [6.45, 7) is 0. The number of carbonyl (C=O) groups is 1. The molecule has 0 aliphatic carbocycles. The molecule has 1 aliphatic rings. The number of H-pyrrole nitrogens is 1. The fourth-order valence-corrected chi connectivity index (χ4v) is 5.13. The molecule has 8 nitrogen and oxygen atoms in total. The number of nitrogens with one attached hydrogen (secondary N) is 3. The fraction of sp³-hybridized carbons (Fsp3) is 0.276. The maximum Gasteiger partial charge on any atom is 0.323 e. The topological polar surface area (TPSA) is 105 Å². The third-order valence-corrected chi connectivity index (χ3v) is 6.92. The lowest BCUT2D eigenvalue weighted by Gasteiger charge is -2.34. The van der Waals surface area contributed by atoms with Gasteiger partial charge in [0.25, 0.3) is 0 Å². The number of carbonyl (C=O) groups excluding carboxylic acids is 1. The molecule has 0 saturated heterocycles. The van der Waals surface area contributed by atoms with Crippen LogP contribution in [0.3, 0.4) is 0 Å². The van der Waals surface area contributed by atoms with Gasteiger partial charge in [-0.2, -0.15) is 0 Å². The zero-order valence-electron chi connectivity index (χ0n) is 21.1. The molecule has 4 aromatic rings. The minimum Gasteiger partial charge on any atom is -0.502 e. The largest absolute Gasteiger partial charge is 0.502 e. The van der Waals surface area contributed by atoms with E-state index in [1.807, 2.05) is 42.5 Å². The van der Waals surface area contributed by atoms with Gasteiger partial charge >= 0.3 is 5.97 Å². The summed E-state index contributed by atoms with van der Waals surface area (Å²) in [7, 11) is 4.43. The molecule has 5 rings (SSSR count). The number of phenols is 1. The summed E-state index contributed by atoms with van der Waals surface area (Å²) in [6.07, 6.45) is 0.915. The number of aromatic amines is 1. The maximum atomic E-state index is 12.8. The van der Waals surface area contributed by atoms with Gasteiger partial charge in [0.05, 0.1) is 33.5 Å². The molecule has 4 N–H and O–H groups in total. The first-order valence-corrected chi connectivity index (χ1v) is 12.2. The van der Waals surface area contributed by atoms with Crippen molar-refractivity contribution in [3.8, 4) is 17.2 Å². The van der Waals surface area contributed by atoms with Crippen LogP contribution in [0.2, 0.25) is 0 Å². The lowest BCUT2D eigenvalue weighted by molar-refractivity contribution is -0.143. The molecule has 37 heavy (non-hydrogen) atoms. The molecule has 0 radical (unpaired) electrons. The van der Waals surface area contributed by atoms with Crippen molar-refractivity contribution in [2.45, 2.75) is 31.1 Å². The number of benzene rings is 3. The second-order valence-electron chi connectivity index (χ2n) is 9.13. The van der Waals surface area contributed by atoms with Crippen LogP contribution in [0.15, 0.2) is 66.7 Å². The van der Waals surface area contributed by atoms with Crippen LogP contribution in [0.1, 0.15) is 28.4 Å². The molecule has 0 fully saturated rings. The summed E-state index contributed by atoms with van der Waals surface area (Å²) in [5, 5.41) is 18.8. The molecule has 0 spiro atoms. The van der Waals surface area contributed by atoms with E-state index in [-0.39, 0.29) is 23.9 Å². The first kappa shape index (κ1) is 24.7. The van der Waals surface area contributed by atoms with Crippen molar-refractivity contribution in [1.82, 2.24) is 15.6 Å². The van der Waals surface area contributed by atoms with Crippen molar-refractivity contribution in [2.75, 3.05) is 21.3 Å². The predicted octanol–water partition coefficient (Wildman–Crippen LogP) is 3.83. The Morgan fingerprint density at radius 1 is 1.03 bits per heavy atom. The number of ether oxygens (including phenoxy) is 3. The summed E-state index contributed by atoms with van der Waals surface area (Å²) >= 11 is 0. The normalized spacial score (nSPS) is 17.7. The summed E-state index contributed by atoms with van der Waals surface area (Å²) < 4.78 is 16.0. The number of hydrogen-bond acceptors (Lipinski definition) is 7. The number of para-hydroxylation sites is 1. The number of methoxy groups -OCH3 is 3. The number of hydrogen-bond donors (Lipinski definition) is 4. The van der Waals surface area contributed by atoms with Crippen molar-refractivity contribution in [3.05, 3.63) is 89.1 Å². The Morgan fingerprint density at radius 2 is 1.70 bits per heavy atom. The molecule has 192 valence electrons. The van der Waals surface area contributed by atoms with E-state index in [2.05, 4.69) is 27.8 Å². The molecular weight excluding hydrogens is 470 g/mol. The zero-order valence-corrected chi connectivity index (χ0v) is 21.1. The van der Waals surface area contributed by atoms with E-state index >= 15 is 0 Å². The van der Waals surface area contributed by atoms with Crippen LogP contribution in [-0.4, -0.2) is 49.6 Å². The van der Waals surface area contributed by atoms with Gasteiger partial charge in [-0.25, -0.2) is 0 Å². The minimum atomic E-state index is -0.541. The van der Waals surface area contributed by atoms with Gasteiger partial charge in [-0.05, 0) is 41.3 Å². The molecule has 0 unspecified atom stereocenters. The highest BCUT2D eigenvalue weighted by atomic mass is 16.5. The summed E-state index contributed by atoms with van der Waals surface area (Å²) in [6, 6.07) is 20.8. The Labute approximate surface area is 215 Å². The molecule has 8 heteroatoms. The lowest BCUT2D eigenvalue weighted by atomic mass is 9.92. The van der Waals surface area contributed by atoms with Crippen molar-refractivity contribution < 1.29 is 24.1 Å². The van der Waals surface area contributed by atoms with Crippen molar-refractivity contribution >= 4 is 16.9 Å². The Hall–Kier alpha value is -4.01. The molecule has 3 atom stereocenters. The van der Waals surface area contributed by atoms with Crippen LogP contribution in [-0.2, 0) is 22.4 Å². The average molecular weight is 502 g/mol.